The first-order chi connectivity index (χ1) is 3.81. The Morgan fingerprint density at radius 3 is 2.25 bits per heavy atom. The van der Waals surface area contributed by atoms with Gasteiger partial charge in [-0.2, -0.15) is 0 Å². The van der Waals surface area contributed by atoms with E-state index in [2.05, 4.69) is 11.9 Å². The SMILES string of the molecule is CN1CC2(CCO2)C1. The molecule has 2 heteroatoms. The summed E-state index contributed by atoms with van der Waals surface area (Å²) in [6, 6.07) is 0. The molecule has 0 aliphatic carbocycles. The van der Waals surface area contributed by atoms with Gasteiger partial charge in [0.05, 0.1) is 12.2 Å². The van der Waals surface area contributed by atoms with E-state index in [0.717, 1.165) is 19.7 Å². The average Bonchev–Trinajstić information content (AvgIpc) is 1.51. The first kappa shape index (κ1) is 4.77. The third-order valence-corrected chi connectivity index (χ3v) is 2.08. The highest BCUT2D eigenvalue weighted by atomic mass is 16.5. The lowest BCUT2D eigenvalue weighted by Crippen LogP contribution is -2.66. The molecule has 0 aromatic heterocycles. The van der Waals surface area contributed by atoms with E-state index < -0.39 is 0 Å². The van der Waals surface area contributed by atoms with Crippen LogP contribution in [0.4, 0.5) is 0 Å². The second kappa shape index (κ2) is 1.25. The Bertz CT molecular complexity index is 101. The second-order valence-corrected chi connectivity index (χ2v) is 2.95. The Balaban J connectivity index is 1.92. The van der Waals surface area contributed by atoms with Gasteiger partial charge in [-0.1, -0.05) is 0 Å². The summed E-state index contributed by atoms with van der Waals surface area (Å²) in [6.45, 7) is 3.31. The summed E-state index contributed by atoms with van der Waals surface area (Å²) in [5.74, 6) is 0. The van der Waals surface area contributed by atoms with Gasteiger partial charge in [0.1, 0.15) is 0 Å². The lowest BCUT2D eigenvalue weighted by molar-refractivity contribution is -0.215. The first-order valence-electron chi connectivity index (χ1n) is 3.13. The zero-order valence-electron chi connectivity index (χ0n) is 5.18. The van der Waals surface area contributed by atoms with Gasteiger partial charge in [0.2, 0.25) is 0 Å². The van der Waals surface area contributed by atoms with Crippen molar-refractivity contribution in [2.75, 3.05) is 26.7 Å². The Morgan fingerprint density at radius 2 is 2.12 bits per heavy atom. The van der Waals surface area contributed by atoms with Gasteiger partial charge in [0.25, 0.3) is 0 Å². The molecule has 46 valence electrons. The minimum absolute atomic E-state index is 0.342. The van der Waals surface area contributed by atoms with Crippen molar-refractivity contribution in [1.29, 1.82) is 0 Å². The molecule has 1 spiro atoms. The fourth-order valence-corrected chi connectivity index (χ4v) is 1.58. The van der Waals surface area contributed by atoms with E-state index >= 15 is 0 Å². The molecule has 0 bridgehead atoms. The van der Waals surface area contributed by atoms with Gasteiger partial charge in [-0.3, -0.25) is 0 Å². The highest BCUT2D eigenvalue weighted by Crippen LogP contribution is 2.34. The predicted octanol–water partition coefficient (Wildman–Crippen LogP) is 0.0909. The summed E-state index contributed by atoms with van der Waals surface area (Å²) in [7, 11) is 2.13. The van der Waals surface area contributed by atoms with Crippen LogP contribution in [-0.2, 0) is 4.74 Å². The van der Waals surface area contributed by atoms with E-state index in [1.165, 1.54) is 6.42 Å². The van der Waals surface area contributed by atoms with Crippen LogP contribution in [-0.4, -0.2) is 37.2 Å². The molecule has 2 saturated heterocycles. The van der Waals surface area contributed by atoms with E-state index in [9.17, 15) is 0 Å². The zero-order valence-corrected chi connectivity index (χ0v) is 5.18. The lowest BCUT2D eigenvalue weighted by atomic mass is 9.87. The quantitative estimate of drug-likeness (QED) is 0.441. The van der Waals surface area contributed by atoms with Gasteiger partial charge in [-0.25, -0.2) is 0 Å². The standard InChI is InChI=1S/C6H11NO/c1-7-4-6(5-7)2-3-8-6/h2-5H2,1H3. The molecule has 8 heavy (non-hydrogen) atoms. The summed E-state index contributed by atoms with van der Waals surface area (Å²) in [4.78, 5) is 2.29. The minimum Gasteiger partial charge on any atom is -0.372 e. The van der Waals surface area contributed by atoms with E-state index in [-0.39, 0.29) is 0 Å². The molecule has 0 N–H and O–H groups in total. The molecule has 0 radical (unpaired) electrons. The van der Waals surface area contributed by atoms with Crippen molar-refractivity contribution in [3.63, 3.8) is 0 Å². The largest absolute Gasteiger partial charge is 0.372 e. The summed E-state index contributed by atoms with van der Waals surface area (Å²) in [5, 5.41) is 0. The normalized spacial score (nSPS) is 34.1. The van der Waals surface area contributed by atoms with Gasteiger partial charge in [-0.05, 0) is 7.05 Å². The van der Waals surface area contributed by atoms with Crippen LogP contribution in [0.1, 0.15) is 6.42 Å². The number of hydrogen-bond donors (Lipinski definition) is 0. The lowest BCUT2D eigenvalue weighted by Gasteiger charge is -2.53. The van der Waals surface area contributed by atoms with Crippen molar-refractivity contribution in [3.05, 3.63) is 0 Å². The Morgan fingerprint density at radius 1 is 1.50 bits per heavy atom. The molecule has 2 fully saturated rings. The van der Waals surface area contributed by atoms with Crippen molar-refractivity contribution in [2.24, 2.45) is 0 Å². The molecule has 2 aliphatic rings. The van der Waals surface area contributed by atoms with Gasteiger partial charge in [-0.15, -0.1) is 0 Å². The second-order valence-electron chi connectivity index (χ2n) is 2.95. The van der Waals surface area contributed by atoms with Crippen molar-refractivity contribution in [3.8, 4) is 0 Å². The van der Waals surface area contributed by atoms with Gasteiger partial charge < -0.3 is 9.64 Å². The zero-order chi connectivity index (χ0) is 5.61. The number of ether oxygens (including phenoxy) is 1. The molecule has 2 nitrogen and oxygen atoms in total. The topological polar surface area (TPSA) is 12.5 Å². The summed E-state index contributed by atoms with van der Waals surface area (Å²) >= 11 is 0. The molecule has 0 unspecified atom stereocenters. The summed E-state index contributed by atoms with van der Waals surface area (Å²) in [5.41, 5.74) is 0.342. The van der Waals surface area contributed by atoms with Crippen molar-refractivity contribution in [2.45, 2.75) is 12.0 Å². The molecule has 2 heterocycles. The average molecular weight is 113 g/mol. The van der Waals surface area contributed by atoms with Crippen LogP contribution in [0.3, 0.4) is 0 Å². The fourth-order valence-electron chi connectivity index (χ4n) is 1.58. The third-order valence-electron chi connectivity index (χ3n) is 2.08. The van der Waals surface area contributed by atoms with Crippen molar-refractivity contribution < 1.29 is 4.74 Å². The van der Waals surface area contributed by atoms with E-state index in [4.69, 9.17) is 4.74 Å². The molecule has 0 aromatic carbocycles. The molecular formula is C6H11NO. The highest BCUT2D eigenvalue weighted by molar-refractivity contribution is 5.00. The van der Waals surface area contributed by atoms with Crippen molar-refractivity contribution in [1.82, 2.24) is 4.90 Å². The summed E-state index contributed by atoms with van der Waals surface area (Å²) < 4.78 is 5.38. The monoisotopic (exact) mass is 113 g/mol. The van der Waals surface area contributed by atoms with E-state index in [1.807, 2.05) is 0 Å². The van der Waals surface area contributed by atoms with Crippen LogP contribution in [0.15, 0.2) is 0 Å². The Hall–Kier alpha value is -0.0800. The van der Waals surface area contributed by atoms with Gasteiger partial charge in [0, 0.05) is 19.5 Å². The number of likely N-dealkylation sites (tertiary alicyclic amines) is 1. The molecule has 2 aliphatic heterocycles. The maximum atomic E-state index is 5.38. The maximum Gasteiger partial charge on any atom is 0.0956 e. The Labute approximate surface area is 49.4 Å². The predicted molar refractivity (Wildman–Crippen MR) is 30.8 cm³/mol. The number of hydrogen-bond acceptors (Lipinski definition) is 2. The molecule has 0 atom stereocenters. The van der Waals surface area contributed by atoms with Crippen LogP contribution in [0.5, 0.6) is 0 Å². The molecular weight excluding hydrogens is 102 g/mol. The van der Waals surface area contributed by atoms with Crippen LogP contribution in [0.2, 0.25) is 0 Å². The first-order valence-corrected chi connectivity index (χ1v) is 3.13. The van der Waals surface area contributed by atoms with Crippen LogP contribution < -0.4 is 0 Å². The summed E-state index contributed by atoms with van der Waals surface area (Å²) in [6.07, 6.45) is 1.29. The van der Waals surface area contributed by atoms with Crippen LogP contribution >= 0.6 is 0 Å². The van der Waals surface area contributed by atoms with Crippen LogP contribution in [0, 0.1) is 0 Å². The molecule has 2 rings (SSSR count). The van der Waals surface area contributed by atoms with E-state index in [1.54, 1.807) is 0 Å². The van der Waals surface area contributed by atoms with Gasteiger partial charge >= 0.3 is 0 Å². The fraction of sp³-hybridized carbons (Fsp3) is 1.00. The maximum absolute atomic E-state index is 5.38. The smallest absolute Gasteiger partial charge is 0.0956 e. The van der Waals surface area contributed by atoms with E-state index in [0.29, 0.717) is 5.60 Å². The van der Waals surface area contributed by atoms with Crippen molar-refractivity contribution >= 4 is 0 Å². The minimum atomic E-state index is 0.342. The van der Waals surface area contributed by atoms with Crippen LogP contribution in [0.25, 0.3) is 0 Å². The Kier molecular flexibility index (Phi) is 0.746. The molecule has 0 saturated carbocycles. The molecule has 0 amide bonds. The highest BCUT2D eigenvalue weighted by Gasteiger charge is 2.47. The van der Waals surface area contributed by atoms with Gasteiger partial charge in [0.15, 0.2) is 0 Å². The number of rotatable bonds is 0. The molecule has 0 aromatic rings. The number of nitrogens with zero attached hydrogens (tertiary/aromatic N) is 1. The third kappa shape index (κ3) is 0.446. The number of likely N-dealkylation sites (N-methyl/N-ethyl adjacent to an activating group) is 1.